The van der Waals surface area contributed by atoms with Gasteiger partial charge in [-0.05, 0) is 13.8 Å². The van der Waals surface area contributed by atoms with Crippen LogP contribution in [0.5, 0.6) is 0 Å². The van der Waals surface area contributed by atoms with Crippen LogP contribution in [0, 0.1) is 0 Å². The molecule has 0 saturated carbocycles. The average molecular weight is 145 g/mol. The first-order valence-corrected chi connectivity index (χ1v) is 2.99. The number of ketones is 1. The molecule has 4 heteroatoms. The van der Waals surface area contributed by atoms with E-state index in [0.29, 0.717) is 0 Å². The molecule has 0 aromatic heterocycles. The first-order valence-electron chi connectivity index (χ1n) is 2.99. The molecule has 58 valence electrons. The molecular weight excluding hydrogens is 134 g/mol. The summed E-state index contributed by atoms with van der Waals surface area (Å²) in [6, 6.07) is -0.365. The number of carbonyl (C=O) groups excluding carboxylic acids is 1. The molecule has 2 N–H and O–H groups in total. The van der Waals surface area contributed by atoms with Gasteiger partial charge in [0.25, 0.3) is 0 Å². The molecule has 4 nitrogen and oxygen atoms in total. The average Bonchev–Trinajstić information content (AvgIpc) is 1.82. The van der Waals surface area contributed by atoms with Crippen molar-refractivity contribution in [1.29, 1.82) is 0 Å². The molecule has 0 aliphatic carbocycles. The lowest BCUT2D eigenvalue weighted by molar-refractivity contribution is -0.136. The number of carboxylic acids is 1. The molecule has 0 saturated heterocycles. The quantitative estimate of drug-likeness (QED) is 0.566. The second-order valence-corrected chi connectivity index (χ2v) is 2.11. The van der Waals surface area contributed by atoms with Crippen molar-refractivity contribution >= 4 is 11.8 Å². The van der Waals surface area contributed by atoms with Gasteiger partial charge in [0, 0.05) is 0 Å². The van der Waals surface area contributed by atoms with Gasteiger partial charge in [-0.25, -0.2) is 0 Å². The van der Waals surface area contributed by atoms with Gasteiger partial charge < -0.3 is 5.11 Å². The second kappa shape index (κ2) is 4.00. The van der Waals surface area contributed by atoms with Crippen LogP contribution in [0.2, 0.25) is 0 Å². The SMILES string of the molecule is CC(=O)C(C)NCC(=O)O. The second-order valence-electron chi connectivity index (χ2n) is 2.11. The highest BCUT2D eigenvalue weighted by Crippen LogP contribution is 1.81. The maximum atomic E-state index is 10.5. The van der Waals surface area contributed by atoms with Crippen molar-refractivity contribution in [1.82, 2.24) is 5.32 Å². The van der Waals surface area contributed by atoms with Gasteiger partial charge in [-0.1, -0.05) is 0 Å². The van der Waals surface area contributed by atoms with Gasteiger partial charge in [0.2, 0.25) is 0 Å². The number of nitrogens with one attached hydrogen (secondary N) is 1. The van der Waals surface area contributed by atoms with Gasteiger partial charge in [-0.15, -0.1) is 0 Å². The molecule has 0 aromatic carbocycles. The van der Waals surface area contributed by atoms with E-state index in [-0.39, 0.29) is 18.4 Å². The van der Waals surface area contributed by atoms with Crippen LogP contribution in [-0.2, 0) is 9.59 Å². The Morgan fingerprint density at radius 3 is 2.40 bits per heavy atom. The third-order valence-electron chi connectivity index (χ3n) is 1.17. The summed E-state index contributed by atoms with van der Waals surface area (Å²) in [5.41, 5.74) is 0. The lowest BCUT2D eigenvalue weighted by Gasteiger charge is -2.06. The van der Waals surface area contributed by atoms with E-state index >= 15 is 0 Å². The fraction of sp³-hybridized carbons (Fsp3) is 0.667. The number of hydrogen-bond acceptors (Lipinski definition) is 3. The van der Waals surface area contributed by atoms with Crippen molar-refractivity contribution in [3.63, 3.8) is 0 Å². The third-order valence-corrected chi connectivity index (χ3v) is 1.17. The summed E-state index contributed by atoms with van der Waals surface area (Å²) in [4.78, 5) is 20.5. The Morgan fingerprint density at radius 1 is 1.60 bits per heavy atom. The molecule has 0 radical (unpaired) electrons. The van der Waals surface area contributed by atoms with E-state index in [1.165, 1.54) is 6.92 Å². The minimum Gasteiger partial charge on any atom is -0.480 e. The Morgan fingerprint density at radius 2 is 2.10 bits per heavy atom. The molecule has 0 aliphatic heterocycles. The summed E-state index contributed by atoms with van der Waals surface area (Å²) < 4.78 is 0. The van der Waals surface area contributed by atoms with Crippen molar-refractivity contribution in [2.45, 2.75) is 19.9 Å². The summed E-state index contributed by atoms with van der Waals surface area (Å²) in [6.45, 7) is 2.88. The first kappa shape index (κ1) is 9.10. The van der Waals surface area contributed by atoms with E-state index in [1.54, 1.807) is 6.92 Å². The summed E-state index contributed by atoms with van der Waals surface area (Å²) in [6.07, 6.45) is 0. The molecule has 0 bridgehead atoms. The molecule has 0 fully saturated rings. The Kier molecular flexibility index (Phi) is 3.64. The van der Waals surface area contributed by atoms with Crippen molar-refractivity contribution in [3.8, 4) is 0 Å². The van der Waals surface area contributed by atoms with E-state index in [4.69, 9.17) is 5.11 Å². The van der Waals surface area contributed by atoms with E-state index in [2.05, 4.69) is 5.32 Å². The number of Topliss-reactive ketones (excluding diaryl/α,β-unsaturated/α-hetero) is 1. The highest BCUT2D eigenvalue weighted by atomic mass is 16.4. The van der Waals surface area contributed by atoms with Crippen molar-refractivity contribution in [3.05, 3.63) is 0 Å². The smallest absolute Gasteiger partial charge is 0.317 e. The molecule has 1 unspecified atom stereocenters. The van der Waals surface area contributed by atoms with Crippen LogP contribution in [0.4, 0.5) is 0 Å². The minimum atomic E-state index is -0.951. The summed E-state index contributed by atoms with van der Waals surface area (Å²) in [5, 5.41) is 10.7. The Balaban J connectivity index is 3.49. The number of aliphatic carboxylic acids is 1. The van der Waals surface area contributed by atoms with Crippen molar-refractivity contribution in [2.75, 3.05) is 6.54 Å². The molecule has 0 aromatic rings. The zero-order chi connectivity index (χ0) is 8.15. The number of rotatable bonds is 4. The highest BCUT2D eigenvalue weighted by molar-refractivity contribution is 5.81. The highest BCUT2D eigenvalue weighted by Gasteiger charge is 2.06. The summed E-state index contributed by atoms with van der Waals surface area (Å²) in [7, 11) is 0. The van der Waals surface area contributed by atoms with Crippen molar-refractivity contribution < 1.29 is 14.7 Å². The molecule has 0 rings (SSSR count). The molecular formula is C6H11NO3. The first-order chi connectivity index (χ1) is 4.54. The fourth-order valence-corrected chi connectivity index (χ4v) is 0.384. The Labute approximate surface area is 59.2 Å². The predicted octanol–water partition coefficient (Wildman–Crippen LogP) is -0.362. The topological polar surface area (TPSA) is 66.4 Å². The lowest BCUT2D eigenvalue weighted by Crippen LogP contribution is -2.35. The van der Waals surface area contributed by atoms with Gasteiger partial charge in [0.15, 0.2) is 0 Å². The zero-order valence-corrected chi connectivity index (χ0v) is 6.05. The van der Waals surface area contributed by atoms with Crippen LogP contribution < -0.4 is 5.32 Å². The van der Waals surface area contributed by atoms with E-state index < -0.39 is 5.97 Å². The Hall–Kier alpha value is -0.900. The zero-order valence-electron chi connectivity index (χ0n) is 6.05. The van der Waals surface area contributed by atoms with E-state index in [0.717, 1.165) is 0 Å². The molecule has 0 heterocycles. The molecule has 0 aliphatic rings. The summed E-state index contributed by atoms with van der Waals surface area (Å²) >= 11 is 0. The largest absolute Gasteiger partial charge is 0.480 e. The van der Waals surface area contributed by atoms with Gasteiger partial charge >= 0.3 is 5.97 Å². The molecule has 0 amide bonds. The van der Waals surface area contributed by atoms with Gasteiger partial charge in [0.05, 0.1) is 12.6 Å². The normalized spacial score (nSPS) is 12.6. The van der Waals surface area contributed by atoms with Crippen LogP contribution in [0.3, 0.4) is 0 Å². The van der Waals surface area contributed by atoms with E-state index in [1.807, 2.05) is 0 Å². The van der Waals surface area contributed by atoms with Crippen LogP contribution in [-0.4, -0.2) is 29.4 Å². The Bertz CT molecular complexity index is 144. The fourth-order valence-electron chi connectivity index (χ4n) is 0.384. The monoisotopic (exact) mass is 145 g/mol. The molecule has 1 atom stereocenters. The van der Waals surface area contributed by atoms with Crippen LogP contribution in [0.15, 0.2) is 0 Å². The number of carboxylic acid groups (broad SMARTS) is 1. The molecule has 0 spiro atoms. The number of carbonyl (C=O) groups is 2. The molecule has 10 heavy (non-hydrogen) atoms. The minimum absolute atomic E-state index is 0.0544. The standard InChI is InChI=1S/C6H11NO3/c1-4(5(2)8)7-3-6(9)10/h4,7H,3H2,1-2H3,(H,9,10). The third kappa shape index (κ3) is 4.03. The lowest BCUT2D eigenvalue weighted by atomic mass is 10.2. The van der Waals surface area contributed by atoms with E-state index in [9.17, 15) is 9.59 Å². The maximum Gasteiger partial charge on any atom is 0.317 e. The number of hydrogen-bond donors (Lipinski definition) is 2. The summed E-state index contributed by atoms with van der Waals surface area (Å²) in [5.74, 6) is -1.01. The van der Waals surface area contributed by atoms with Crippen LogP contribution >= 0.6 is 0 Å². The van der Waals surface area contributed by atoms with Gasteiger partial charge in [0.1, 0.15) is 5.78 Å². The van der Waals surface area contributed by atoms with Crippen molar-refractivity contribution in [2.24, 2.45) is 0 Å². The maximum absolute atomic E-state index is 10.5. The van der Waals surface area contributed by atoms with Gasteiger partial charge in [-0.3, -0.25) is 14.9 Å². The van der Waals surface area contributed by atoms with Gasteiger partial charge in [-0.2, -0.15) is 0 Å². The van der Waals surface area contributed by atoms with Crippen LogP contribution in [0.1, 0.15) is 13.8 Å². The predicted molar refractivity (Wildman–Crippen MR) is 35.8 cm³/mol. The van der Waals surface area contributed by atoms with Crippen LogP contribution in [0.25, 0.3) is 0 Å².